The average molecular weight is 346 g/mol. The second-order valence-corrected chi connectivity index (χ2v) is 5.85. The summed E-state index contributed by atoms with van der Waals surface area (Å²) in [5.41, 5.74) is 3.28. The fourth-order valence-corrected chi connectivity index (χ4v) is 2.95. The molecule has 21 heavy (non-hydrogen) atoms. The van der Waals surface area contributed by atoms with Crippen molar-refractivity contribution in [3.05, 3.63) is 51.7 Å². The molecule has 1 N–H and O–H groups in total. The lowest BCUT2D eigenvalue weighted by Gasteiger charge is -2.08. The lowest BCUT2D eigenvalue weighted by atomic mass is 10.0. The number of nitrogens with zero attached hydrogens (tertiary/aromatic N) is 1. The summed E-state index contributed by atoms with van der Waals surface area (Å²) in [6, 6.07) is 7.13. The minimum absolute atomic E-state index is 0.216. The summed E-state index contributed by atoms with van der Waals surface area (Å²) < 4.78 is 6.20. The number of aromatic carboxylic acids is 1. The fourth-order valence-electron chi connectivity index (χ4n) is 2.29. The molecule has 0 aliphatic heterocycles. The molecular weight excluding hydrogens is 334 g/mol. The molecule has 0 spiro atoms. The number of carbonyl (C=O) groups is 1. The highest BCUT2D eigenvalue weighted by Crippen LogP contribution is 2.31. The van der Waals surface area contributed by atoms with E-state index in [2.05, 4.69) is 20.9 Å². The summed E-state index contributed by atoms with van der Waals surface area (Å²) >= 11 is 3.46. The number of rotatable bonds is 2. The van der Waals surface area contributed by atoms with Gasteiger partial charge in [0.15, 0.2) is 5.76 Å². The summed E-state index contributed by atoms with van der Waals surface area (Å²) in [4.78, 5) is 16.1. The number of fused-ring (bicyclic) bond motifs is 1. The number of benzene rings is 1. The van der Waals surface area contributed by atoms with Crippen LogP contribution in [0.25, 0.3) is 22.4 Å². The van der Waals surface area contributed by atoms with Gasteiger partial charge >= 0.3 is 5.97 Å². The van der Waals surface area contributed by atoms with Crippen molar-refractivity contribution in [2.24, 2.45) is 0 Å². The van der Waals surface area contributed by atoms with Crippen LogP contribution < -0.4 is 0 Å². The lowest BCUT2D eigenvalue weighted by molar-refractivity contribution is 0.0699. The molecule has 0 aliphatic rings. The van der Waals surface area contributed by atoms with E-state index < -0.39 is 5.97 Å². The van der Waals surface area contributed by atoms with Gasteiger partial charge in [-0.3, -0.25) is 0 Å². The van der Waals surface area contributed by atoms with Crippen LogP contribution in [-0.2, 0) is 0 Å². The summed E-state index contributed by atoms with van der Waals surface area (Å²) in [6.45, 7) is 3.82. The van der Waals surface area contributed by atoms with E-state index in [9.17, 15) is 9.90 Å². The molecule has 0 saturated carbocycles. The zero-order valence-corrected chi connectivity index (χ0v) is 13.1. The number of hydrogen-bond donors (Lipinski definition) is 1. The highest BCUT2D eigenvalue weighted by Gasteiger charge is 2.16. The van der Waals surface area contributed by atoms with E-state index in [0.717, 1.165) is 15.6 Å². The highest BCUT2D eigenvalue weighted by molar-refractivity contribution is 9.10. The second-order valence-electron chi connectivity index (χ2n) is 4.99. The van der Waals surface area contributed by atoms with Crippen molar-refractivity contribution in [3.8, 4) is 11.5 Å². The van der Waals surface area contributed by atoms with Crippen molar-refractivity contribution in [1.82, 2.24) is 4.98 Å². The van der Waals surface area contributed by atoms with Crippen molar-refractivity contribution in [1.29, 1.82) is 0 Å². The SMILES string of the molecule is Cc1coc(-c2cc(C(=O)O)c3cc(C)cc(Br)c3n2)c1. The summed E-state index contributed by atoms with van der Waals surface area (Å²) in [5.74, 6) is -0.422. The Morgan fingerprint density at radius 3 is 2.57 bits per heavy atom. The van der Waals surface area contributed by atoms with Crippen LogP contribution in [0.4, 0.5) is 0 Å². The number of carboxylic acid groups (broad SMARTS) is 1. The number of hydrogen-bond acceptors (Lipinski definition) is 3. The zero-order chi connectivity index (χ0) is 15.1. The molecule has 0 saturated heterocycles. The number of aryl methyl sites for hydroxylation is 2. The Morgan fingerprint density at radius 1 is 1.19 bits per heavy atom. The monoisotopic (exact) mass is 345 g/mol. The third kappa shape index (κ3) is 2.45. The van der Waals surface area contributed by atoms with Gasteiger partial charge in [-0.2, -0.15) is 0 Å². The molecule has 5 heteroatoms. The van der Waals surface area contributed by atoms with Crippen LogP contribution in [0.2, 0.25) is 0 Å². The zero-order valence-electron chi connectivity index (χ0n) is 11.5. The van der Waals surface area contributed by atoms with Gasteiger partial charge in [0.2, 0.25) is 0 Å². The van der Waals surface area contributed by atoms with Crippen LogP contribution in [0.5, 0.6) is 0 Å². The van der Waals surface area contributed by atoms with Crippen LogP contribution >= 0.6 is 15.9 Å². The van der Waals surface area contributed by atoms with Gasteiger partial charge in [0.05, 0.1) is 17.3 Å². The van der Waals surface area contributed by atoms with Crippen LogP contribution in [0.15, 0.2) is 39.4 Å². The van der Waals surface area contributed by atoms with Gasteiger partial charge in [0.25, 0.3) is 0 Å². The Labute approximate surface area is 129 Å². The quantitative estimate of drug-likeness (QED) is 0.738. The Morgan fingerprint density at radius 2 is 1.95 bits per heavy atom. The van der Waals surface area contributed by atoms with Crippen molar-refractivity contribution < 1.29 is 14.3 Å². The molecule has 106 valence electrons. The first-order valence-electron chi connectivity index (χ1n) is 6.35. The topological polar surface area (TPSA) is 63.3 Å². The Hall–Kier alpha value is -2.14. The molecule has 2 aromatic heterocycles. The first kappa shape index (κ1) is 13.8. The number of carboxylic acids is 1. The van der Waals surface area contributed by atoms with Gasteiger partial charge in [-0.25, -0.2) is 9.78 Å². The molecule has 3 aromatic rings. The molecule has 2 heterocycles. The predicted molar refractivity (Wildman–Crippen MR) is 83.6 cm³/mol. The van der Waals surface area contributed by atoms with Crippen molar-refractivity contribution in [2.75, 3.05) is 0 Å². The second kappa shape index (κ2) is 5.00. The Kier molecular flexibility index (Phi) is 3.29. The third-order valence-corrected chi connectivity index (χ3v) is 3.83. The third-order valence-electron chi connectivity index (χ3n) is 3.22. The summed E-state index contributed by atoms with van der Waals surface area (Å²) in [7, 11) is 0. The number of aromatic nitrogens is 1. The van der Waals surface area contributed by atoms with Crippen LogP contribution in [0.3, 0.4) is 0 Å². The van der Waals surface area contributed by atoms with E-state index in [0.29, 0.717) is 22.4 Å². The first-order chi connectivity index (χ1) is 9.95. The van der Waals surface area contributed by atoms with Crippen LogP contribution in [0, 0.1) is 13.8 Å². The molecule has 0 aliphatic carbocycles. The maximum Gasteiger partial charge on any atom is 0.336 e. The Balaban J connectivity index is 2.37. The standard InChI is InChI=1S/C16H12BrNO3/c1-8-3-10-11(16(19)20)6-13(14-5-9(2)7-21-14)18-15(10)12(17)4-8/h3-7H,1-2H3,(H,19,20). The smallest absolute Gasteiger partial charge is 0.336 e. The van der Waals surface area contributed by atoms with Crippen LogP contribution in [-0.4, -0.2) is 16.1 Å². The number of halogens is 1. The molecule has 1 aromatic carbocycles. The number of pyridine rings is 1. The maximum absolute atomic E-state index is 11.6. The van der Waals surface area contributed by atoms with E-state index in [1.807, 2.05) is 32.0 Å². The van der Waals surface area contributed by atoms with Gasteiger partial charge in [0, 0.05) is 9.86 Å². The lowest BCUT2D eigenvalue weighted by Crippen LogP contribution is -2.01. The predicted octanol–water partition coefficient (Wildman–Crippen LogP) is 4.57. The molecule has 0 atom stereocenters. The molecule has 4 nitrogen and oxygen atoms in total. The van der Waals surface area contributed by atoms with E-state index in [1.165, 1.54) is 0 Å². The van der Waals surface area contributed by atoms with Crippen molar-refractivity contribution >= 4 is 32.8 Å². The van der Waals surface area contributed by atoms with Gasteiger partial charge in [-0.05, 0) is 65.2 Å². The molecule has 0 radical (unpaired) electrons. The molecule has 3 rings (SSSR count). The van der Waals surface area contributed by atoms with E-state index in [4.69, 9.17) is 4.42 Å². The Bertz CT molecular complexity index is 867. The van der Waals surface area contributed by atoms with Crippen molar-refractivity contribution in [3.63, 3.8) is 0 Å². The van der Waals surface area contributed by atoms with Crippen molar-refractivity contribution in [2.45, 2.75) is 13.8 Å². The average Bonchev–Trinajstić information content (AvgIpc) is 2.84. The fraction of sp³-hybridized carbons (Fsp3) is 0.125. The molecule has 0 unspecified atom stereocenters. The van der Waals surface area contributed by atoms with E-state index >= 15 is 0 Å². The molecule has 0 amide bonds. The largest absolute Gasteiger partial charge is 0.478 e. The van der Waals surface area contributed by atoms with E-state index in [-0.39, 0.29) is 5.56 Å². The van der Waals surface area contributed by atoms with E-state index in [1.54, 1.807) is 12.3 Å². The molecular formula is C16H12BrNO3. The first-order valence-corrected chi connectivity index (χ1v) is 7.14. The van der Waals surface area contributed by atoms with Crippen LogP contribution in [0.1, 0.15) is 21.5 Å². The van der Waals surface area contributed by atoms with Gasteiger partial charge in [-0.15, -0.1) is 0 Å². The van der Waals surface area contributed by atoms with Gasteiger partial charge in [0.1, 0.15) is 5.69 Å². The minimum Gasteiger partial charge on any atom is -0.478 e. The summed E-state index contributed by atoms with van der Waals surface area (Å²) in [6.07, 6.45) is 1.62. The molecule has 0 fully saturated rings. The van der Waals surface area contributed by atoms with Gasteiger partial charge < -0.3 is 9.52 Å². The number of furan rings is 1. The minimum atomic E-state index is -0.982. The van der Waals surface area contributed by atoms with Gasteiger partial charge in [-0.1, -0.05) is 0 Å². The normalized spacial score (nSPS) is 11.0. The molecule has 0 bridgehead atoms. The maximum atomic E-state index is 11.6. The highest BCUT2D eigenvalue weighted by atomic mass is 79.9. The summed E-state index contributed by atoms with van der Waals surface area (Å²) in [5, 5.41) is 10.1.